The van der Waals surface area contributed by atoms with Gasteiger partial charge >= 0.3 is 0 Å². The van der Waals surface area contributed by atoms with Gasteiger partial charge in [0.05, 0.1) is 11.0 Å². The first-order valence-electron chi connectivity index (χ1n) is 9.93. The van der Waals surface area contributed by atoms with Crippen LogP contribution in [0, 0.1) is 5.82 Å². The fourth-order valence-electron chi connectivity index (χ4n) is 4.04. The van der Waals surface area contributed by atoms with Crippen LogP contribution in [0.15, 0.2) is 91.0 Å². The minimum absolute atomic E-state index is 0.346. The largest absolute Gasteiger partial charge is 0.457 e. The molecule has 0 unspecified atom stereocenters. The van der Waals surface area contributed by atoms with Gasteiger partial charge in [-0.1, -0.05) is 48.5 Å². The summed E-state index contributed by atoms with van der Waals surface area (Å²) >= 11 is 0. The van der Waals surface area contributed by atoms with Gasteiger partial charge in [-0.05, 0) is 48.0 Å². The second kappa shape index (κ2) is 7.61. The zero-order valence-corrected chi connectivity index (χ0v) is 16.6. The molecule has 1 amide bonds. The number of para-hydroxylation sites is 2. The number of hydrogen-bond acceptors (Lipinski definition) is 2. The Labute approximate surface area is 178 Å². The van der Waals surface area contributed by atoms with Gasteiger partial charge in [-0.2, -0.15) is 0 Å². The van der Waals surface area contributed by atoms with Crippen molar-refractivity contribution in [2.75, 3.05) is 0 Å². The van der Waals surface area contributed by atoms with Crippen molar-refractivity contribution in [1.29, 1.82) is 0 Å². The van der Waals surface area contributed by atoms with Crippen molar-refractivity contribution in [3.63, 3.8) is 0 Å². The second-order valence-electron chi connectivity index (χ2n) is 7.35. The number of benzene rings is 4. The van der Waals surface area contributed by atoms with Crippen molar-refractivity contribution in [3.05, 3.63) is 108 Å². The maximum Gasteiger partial charge on any atom is 0.249 e. The standard InChI is InChI=1S/C26H19FN2O2/c27-22-13-5-11-20-24-21(26(28)30)12-6-14-23(24)29(25(20)22)16-17-7-4-10-19(15-17)31-18-8-2-1-3-9-18/h1-15H,16H2,(H2,28,30). The number of ether oxygens (including phenoxy) is 1. The van der Waals surface area contributed by atoms with Gasteiger partial charge in [0.1, 0.15) is 17.3 Å². The van der Waals surface area contributed by atoms with Crippen LogP contribution in [0.2, 0.25) is 0 Å². The fourth-order valence-corrected chi connectivity index (χ4v) is 4.04. The number of nitrogens with zero attached hydrogens (tertiary/aromatic N) is 1. The molecule has 0 spiro atoms. The van der Waals surface area contributed by atoms with Crippen molar-refractivity contribution < 1.29 is 13.9 Å². The molecule has 1 aromatic heterocycles. The topological polar surface area (TPSA) is 57.2 Å². The molecule has 5 rings (SSSR count). The lowest BCUT2D eigenvalue weighted by Crippen LogP contribution is -2.11. The summed E-state index contributed by atoms with van der Waals surface area (Å²) in [4.78, 5) is 12.0. The number of amides is 1. The van der Waals surface area contributed by atoms with Crippen LogP contribution in [0.25, 0.3) is 21.8 Å². The fraction of sp³-hybridized carbons (Fsp3) is 0.0385. The molecule has 0 atom stereocenters. The average Bonchev–Trinajstić information content (AvgIpc) is 3.10. The van der Waals surface area contributed by atoms with Crippen LogP contribution in [-0.4, -0.2) is 10.5 Å². The van der Waals surface area contributed by atoms with Crippen molar-refractivity contribution in [2.45, 2.75) is 6.54 Å². The van der Waals surface area contributed by atoms with Crippen molar-refractivity contribution in [1.82, 2.24) is 4.57 Å². The molecule has 152 valence electrons. The highest BCUT2D eigenvalue weighted by Gasteiger charge is 2.18. The highest BCUT2D eigenvalue weighted by atomic mass is 19.1. The molecule has 4 nitrogen and oxygen atoms in total. The van der Waals surface area contributed by atoms with Crippen molar-refractivity contribution >= 4 is 27.7 Å². The third-order valence-electron chi connectivity index (χ3n) is 5.34. The van der Waals surface area contributed by atoms with Gasteiger partial charge in [0, 0.05) is 22.9 Å². The van der Waals surface area contributed by atoms with Crippen LogP contribution < -0.4 is 10.5 Å². The van der Waals surface area contributed by atoms with Gasteiger partial charge in [0.25, 0.3) is 0 Å². The van der Waals surface area contributed by atoms with E-state index in [1.807, 2.05) is 71.3 Å². The summed E-state index contributed by atoms with van der Waals surface area (Å²) in [7, 11) is 0. The van der Waals surface area contributed by atoms with Gasteiger partial charge in [-0.15, -0.1) is 0 Å². The quantitative estimate of drug-likeness (QED) is 0.394. The Morgan fingerprint density at radius 1 is 0.871 bits per heavy atom. The highest BCUT2D eigenvalue weighted by molar-refractivity contribution is 6.17. The zero-order chi connectivity index (χ0) is 21.4. The summed E-state index contributed by atoms with van der Waals surface area (Å²) in [5, 5.41) is 1.34. The summed E-state index contributed by atoms with van der Waals surface area (Å²) in [6.45, 7) is 0.412. The van der Waals surface area contributed by atoms with E-state index in [0.717, 1.165) is 16.8 Å². The SMILES string of the molecule is NC(=O)c1cccc2c1c1cccc(F)c1n2Cc1cccc(Oc2ccccc2)c1. The maximum atomic E-state index is 14.9. The molecule has 1 heterocycles. The highest BCUT2D eigenvalue weighted by Crippen LogP contribution is 2.34. The van der Waals surface area contributed by atoms with E-state index < -0.39 is 5.91 Å². The number of aromatic nitrogens is 1. The number of rotatable bonds is 5. The first kappa shape index (κ1) is 18.9. The maximum absolute atomic E-state index is 14.9. The van der Waals surface area contributed by atoms with E-state index in [9.17, 15) is 9.18 Å². The van der Waals surface area contributed by atoms with Gasteiger partial charge in [0.15, 0.2) is 0 Å². The molecule has 0 fully saturated rings. The van der Waals surface area contributed by atoms with E-state index in [0.29, 0.717) is 34.1 Å². The van der Waals surface area contributed by atoms with Crippen LogP contribution in [-0.2, 0) is 6.54 Å². The number of carbonyl (C=O) groups excluding carboxylic acids is 1. The Balaban J connectivity index is 1.63. The van der Waals surface area contributed by atoms with E-state index in [1.165, 1.54) is 6.07 Å². The van der Waals surface area contributed by atoms with Gasteiger partial charge < -0.3 is 15.0 Å². The summed E-state index contributed by atoms with van der Waals surface area (Å²) < 4.78 is 22.8. The Kier molecular flexibility index (Phi) is 4.64. The van der Waals surface area contributed by atoms with Gasteiger partial charge in [-0.3, -0.25) is 4.79 Å². The number of halogens is 1. The molecule has 2 N–H and O–H groups in total. The van der Waals surface area contributed by atoms with Crippen LogP contribution in [0.1, 0.15) is 15.9 Å². The molecule has 0 saturated carbocycles. The zero-order valence-electron chi connectivity index (χ0n) is 16.6. The predicted molar refractivity (Wildman–Crippen MR) is 120 cm³/mol. The number of carbonyl (C=O) groups is 1. The van der Waals surface area contributed by atoms with Crippen LogP contribution in [0.5, 0.6) is 11.5 Å². The third kappa shape index (κ3) is 3.40. The van der Waals surface area contributed by atoms with Crippen LogP contribution >= 0.6 is 0 Å². The third-order valence-corrected chi connectivity index (χ3v) is 5.34. The minimum Gasteiger partial charge on any atom is -0.457 e. The summed E-state index contributed by atoms with van der Waals surface area (Å²) in [6.07, 6.45) is 0. The van der Waals surface area contributed by atoms with Crippen LogP contribution in [0.3, 0.4) is 0 Å². The minimum atomic E-state index is -0.535. The number of hydrogen-bond donors (Lipinski definition) is 1. The Bertz CT molecular complexity index is 1420. The molecule has 0 bridgehead atoms. The predicted octanol–water partition coefficient (Wildman–Crippen LogP) is 5.87. The number of nitrogens with two attached hydrogens (primary N) is 1. The Morgan fingerprint density at radius 2 is 1.61 bits per heavy atom. The molecule has 5 aromatic rings. The molecule has 0 radical (unpaired) electrons. The van der Waals surface area contributed by atoms with E-state index >= 15 is 0 Å². The monoisotopic (exact) mass is 410 g/mol. The summed E-state index contributed by atoms with van der Waals surface area (Å²) in [6, 6.07) is 27.4. The molecule has 0 saturated heterocycles. The van der Waals surface area contributed by atoms with E-state index in [-0.39, 0.29) is 5.82 Å². The number of fused-ring (bicyclic) bond motifs is 3. The van der Waals surface area contributed by atoms with Crippen molar-refractivity contribution in [3.8, 4) is 11.5 Å². The molecule has 31 heavy (non-hydrogen) atoms. The van der Waals surface area contributed by atoms with Crippen LogP contribution in [0.4, 0.5) is 4.39 Å². The Morgan fingerprint density at radius 3 is 2.42 bits per heavy atom. The van der Waals surface area contributed by atoms with E-state index in [2.05, 4.69) is 0 Å². The Hall–Kier alpha value is -4.12. The molecule has 5 heteroatoms. The second-order valence-corrected chi connectivity index (χ2v) is 7.35. The first-order valence-corrected chi connectivity index (χ1v) is 9.93. The summed E-state index contributed by atoms with van der Waals surface area (Å²) in [5.74, 6) is 0.560. The lowest BCUT2D eigenvalue weighted by Gasteiger charge is -2.11. The van der Waals surface area contributed by atoms with Crippen molar-refractivity contribution in [2.24, 2.45) is 5.73 Å². The van der Waals surface area contributed by atoms with E-state index in [4.69, 9.17) is 10.5 Å². The van der Waals surface area contributed by atoms with Gasteiger partial charge in [0.2, 0.25) is 5.91 Å². The summed E-state index contributed by atoms with van der Waals surface area (Å²) in [5.41, 5.74) is 8.13. The molecule has 0 aliphatic rings. The molecule has 4 aromatic carbocycles. The van der Waals surface area contributed by atoms with Gasteiger partial charge in [-0.25, -0.2) is 4.39 Å². The first-order chi connectivity index (χ1) is 15.1. The average molecular weight is 410 g/mol. The molecular weight excluding hydrogens is 391 g/mol. The normalized spacial score (nSPS) is 11.1. The molecule has 0 aliphatic carbocycles. The molecule has 0 aliphatic heterocycles. The smallest absolute Gasteiger partial charge is 0.249 e. The van der Waals surface area contributed by atoms with E-state index in [1.54, 1.807) is 18.2 Å². The number of primary amides is 1. The molecular formula is C26H19FN2O2. The lowest BCUT2D eigenvalue weighted by molar-refractivity contribution is 0.100. The lowest BCUT2D eigenvalue weighted by atomic mass is 10.1.